The minimum atomic E-state index is 0.00214. The largest absolute Gasteiger partial charge is 0.334 e. The van der Waals surface area contributed by atoms with Gasteiger partial charge in [0.2, 0.25) is 0 Å². The fourth-order valence-electron chi connectivity index (χ4n) is 2.73. The molecule has 116 valence electrons. The summed E-state index contributed by atoms with van der Waals surface area (Å²) >= 11 is 1.74. The highest BCUT2D eigenvalue weighted by Crippen LogP contribution is 2.28. The Hall–Kier alpha value is -2.27. The second-order valence-corrected chi connectivity index (χ2v) is 6.84. The molecule has 0 radical (unpaired) electrons. The van der Waals surface area contributed by atoms with Gasteiger partial charge in [0, 0.05) is 17.5 Å². The molecule has 0 saturated heterocycles. The van der Waals surface area contributed by atoms with Crippen LogP contribution in [0.3, 0.4) is 0 Å². The number of hydrogen-bond donors (Lipinski definition) is 0. The second-order valence-electron chi connectivity index (χ2n) is 5.80. The van der Waals surface area contributed by atoms with Crippen molar-refractivity contribution in [3.63, 3.8) is 0 Å². The maximum absolute atomic E-state index is 12.9. The van der Waals surface area contributed by atoms with Crippen molar-refractivity contribution in [2.45, 2.75) is 25.3 Å². The van der Waals surface area contributed by atoms with Gasteiger partial charge in [0.15, 0.2) is 0 Å². The quantitative estimate of drug-likeness (QED) is 0.721. The molecule has 3 aromatic rings. The Bertz CT molecular complexity index is 827. The third kappa shape index (κ3) is 3.10. The summed E-state index contributed by atoms with van der Waals surface area (Å²) in [6, 6.07) is 12.2. The van der Waals surface area contributed by atoms with E-state index in [1.807, 2.05) is 29.2 Å². The molecule has 1 aliphatic carbocycles. The molecule has 1 aromatic carbocycles. The van der Waals surface area contributed by atoms with Gasteiger partial charge < -0.3 is 4.90 Å². The SMILES string of the molecule is O=C(c1cnc2ccccc2n1)N(CCc1cccs1)C1CC1. The van der Waals surface area contributed by atoms with E-state index in [0.29, 0.717) is 11.7 Å². The molecule has 2 heterocycles. The fraction of sp³-hybridized carbons (Fsp3) is 0.278. The number of hydrogen-bond acceptors (Lipinski definition) is 4. The molecule has 1 aliphatic rings. The van der Waals surface area contributed by atoms with Crippen molar-refractivity contribution < 1.29 is 4.79 Å². The van der Waals surface area contributed by atoms with Crippen molar-refractivity contribution in [1.82, 2.24) is 14.9 Å². The molecule has 0 N–H and O–H groups in total. The van der Waals surface area contributed by atoms with Crippen molar-refractivity contribution in [2.75, 3.05) is 6.54 Å². The monoisotopic (exact) mass is 323 g/mol. The number of rotatable bonds is 5. The number of amides is 1. The molecule has 5 heteroatoms. The molecule has 0 aliphatic heterocycles. The van der Waals surface area contributed by atoms with Crippen molar-refractivity contribution in [2.24, 2.45) is 0 Å². The number of fused-ring (bicyclic) bond motifs is 1. The molecule has 4 nitrogen and oxygen atoms in total. The molecule has 0 atom stereocenters. The Morgan fingerprint density at radius 1 is 1.17 bits per heavy atom. The lowest BCUT2D eigenvalue weighted by Crippen LogP contribution is -2.35. The highest BCUT2D eigenvalue weighted by Gasteiger charge is 2.33. The lowest BCUT2D eigenvalue weighted by atomic mass is 10.2. The van der Waals surface area contributed by atoms with Crippen molar-refractivity contribution in [3.05, 3.63) is 58.5 Å². The van der Waals surface area contributed by atoms with E-state index in [9.17, 15) is 4.79 Å². The van der Waals surface area contributed by atoms with Crippen LogP contribution in [0.2, 0.25) is 0 Å². The summed E-state index contributed by atoms with van der Waals surface area (Å²) in [5, 5.41) is 2.08. The third-order valence-corrected chi connectivity index (χ3v) is 5.03. The van der Waals surface area contributed by atoms with Gasteiger partial charge in [0.05, 0.1) is 17.2 Å². The van der Waals surface area contributed by atoms with E-state index in [4.69, 9.17) is 0 Å². The first-order chi connectivity index (χ1) is 11.3. The molecular formula is C18H17N3OS. The van der Waals surface area contributed by atoms with Gasteiger partial charge in [0.25, 0.3) is 5.91 Å². The Kier molecular flexibility index (Phi) is 3.79. The summed E-state index contributed by atoms with van der Waals surface area (Å²) in [6.07, 6.45) is 4.69. The summed E-state index contributed by atoms with van der Waals surface area (Å²) in [5.41, 5.74) is 2.04. The molecule has 0 unspecified atom stereocenters. The lowest BCUT2D eigenvalue weighted by Gasteiger charge is -2.21. The minimum absolute atomic E-state index is 0.00214. The number of carbonyl (C=O) groups is 1. The van der Waals surface area contributed by atoms with Gasteiger partial charge >= 0.3 is 0 Å². The highest BCUT2D eigenvalue weighted by molar-refractivity contribution is 7.09. The van der Waals surface area contributed by atoms with Crippen LogP contribution in [0.25, 0.3) is 11.0 Å². The topological polar surface area (TPSA) is 46.1 Å². The predicted molar refractivity (Wildman–Crippen MR) is 91.6 cm³/mol. The molecule has 0 spiro atoms. The summed E-state index contributed by atoms with van der Waals surface area (Å²) in [4.78, 5) is 25.0. The first-order valence-electron chi connectivity index (χ1n) is 7.86. The Balaban J connectivity index is 1.56. The minimum Gasteiger partial charge on any atom is -0.334 e. The fourth-order valence-corrected chi connectivity index (χ4v) is 3.43. The van der Waals surface area contributed by atoms with E-state index in [2.05, 4.69) is 27.5 Å². The van der Waals surface area contributed by atoms with Crippen LogP contribution in [0.15, 0.2) is 48.0 Å². The van der Waals surface area contributed by atoms with Crippen LogP contribution in [0.5, 0.6) is 0 Å². The summed E-state index contributed by atoms with van der Waals surface area (Å²) in [6.45, 7) is 0.749. The van der Waals surface area contributed by atoms with Gasteiger partial charge in [-0.3, -0.25) is 9.78 Å². The molecule has 2 aromatic heterocycles. The number of benzene rings is 1. The van der Waals surface area contributed by atoms with E-state index < -0.39 is 0 Å². The number of carbonyl (C=O) groups excluding carboxylic acids is 1. The lowest BCUT2D eigenvalue weighted by molar-refractivity contribution is 0.0739. The normalized spacial score (nSPS) is 14.1. The molecule has 23 heavy (non-hydrogen) atoms. The van der Waals surface area contributed by atoms with Crippen LogP contribution in [0.4, 0.5) is 0 Å². The van der Waals surface area contributed by atoms with Gasteiger partial charge in [-0.1, -0.05) is 18.2 Å². The average Bonchev–Trinajstić information content (AvgIpc) is 3.29. The number of aromatic nitrogens is 2. The van der Waals surface area contributed by atoms with E-state index in [-0.39, 0.29) is 5.91 Å². The van der Waals surface area contributed by atoms with Crippen LogP contribution in [0.1, 0.15) is 28.2 Å². The van der Waals surface area contributed by atoms with E-state index >= 15 is 0 Å². The Labute approximate surface area is 138 Å². The maximum atomic E-state index is 12.9. The van der Waals surface area contributed by atoms with Gasteiger partial charge in [-0.05, 0) is 42.8 Å². The van der Waals surface area contributed by atoms with Crippen molar-refractivity contribution >= 4 is 28.3 Å². The van der Waals surface area contributed by atoms with E-state index in [1.165, 1.54) is 4.88 Å². The van der Waals surface area contributed by atoms with Crippen molar-refractivity contribution in [3.8, 4) is 0 Å². The number of para-hydroxylation sites is 2. The first-order valence-corrected chi connectivity index (χ1v) is 8.74. The van der Waals surface area contributed by atoms with Crippen LogP contribution in [-0.4, -0.2) is 33.4 Å². The molecule has 1 amide bonds. The summed E-state index contributed by atoms with van der Waals surface area (Å²) in [5.74, 6) is 0.00214. The van der Waals surface area contributed by atoms with Crippen LogP contribution in [-0.2, 0) is 6.42 Å². The van der Waals surface area contributed by atoms with Crippen LogP contribution in [0, 0.1) is 0 Å². The number of nitrogens with zero attached hydrogens (tertiary/aromatic N) is 3. The molecular weight excluding hydrogens is 306 g/mol. The zero-order valence-electron chi connectivity index (χ0n) is 12.7. The molecule has 1 fully saturated rings. The van der Waals surface area contributed by atoms with E-state index in [1.54, 1.807) is 17.5 Å². The number of thiophene rings is 1. The molecule has 0 bridgehead atoms. The van der Waals surface area contributed by atoms with Gasteiger partial charge in [-0.15, -0.1) is 11.3 Å². The average molecular weight is 323 g/mol. The Morgan fingerprint density at radius 3 is 2.74 bits per heavy atom. The smallest absolute Gasteiger partial charge is 0.274 e. The van der Waals surface area contributed by atoms with Crippen LogP contribution >= 0.6 is 11.3 Å². The second kappa shape index (κ2) is 6.08. The maximum Gasteiger partial charge on any atom is 0.274 e. The van der Waals surface area contributed by atoms with Gasteiger partial charge in [0.1, 0.15) is 5.69 Å². The summed E-state index contributed by atoms with van der Waals surface area (Å²) in [7, 11) is 0. The van der Waals surface area contributed by atoms with E-state index in [0.717, 1.165) is 36.8 Å². The third-order valence-electron chi connectivity index (χ3n) is 4.10. The zero-order valence-corrected chi connectivity index (χ0v) is 13.5. The predicted octanol–water partition coefficient (Wildman–Crippen LogP) is 3.54. The Morgan fingerprint density at radius 2 is 2.00 bits per heavy atom. The van der Waals surface area contributed by atoms with Gasteiger partial charge in [-0.25, -0.2) is 4.98 Å². The van der Waals surface area contributed by atoms with Gasteiger partial charge in [-0.2, -0.15) is 0 Å². The van der Waals surface area contributed by atoms with Crippen LogP contribution < -0.4 is 0 Å². The zero-order chi connectivity index (χ0) is 15.6. The standard InChI is InChI=1S/C18H17N3OS/c22-18(17-12-19-15-5-1-2-6-16(15)20-17)21(13-7-8-13)10-9-14-4-3-11-23-14/h1-6,11-13H,7-10H2. The highest BCUT2D eigenvalue weighted by atomic mass is 32.1. The van der Waals surface area contributed by atoms with Crippen molar-refractivity contribution in [1.29, 1.82) is 0 Å². The molecule has 1 saturated carbocycles. The first kappa shape index (κ1) is 14.3. The molecule has 4 rings (SSSR count). The summed E-state index contributed by atoms with van der Waals surface area (Å²) < 4.78 is 0.